The highest BCUT2D eigenvalue weighted by Gasteiger charge is 2.13. The fourth-order valence-electron chi connectivity index (χ4n) is 2.17. The van der Waals surface area contributed by atoms with Crippen LogP contribution in [0.4, 0.5) is 0 Å². The summed E-state index contributed by atoms with van der Waals surface area (Å²) in [4.78, 5) is 14.9. The average molecular weight is 274 g/mol. The molecule has 1 atom stereocenters. The lowest BCUT2D eigenvalue weighted by molar-refractivity contribution is -0.123. The number of hydrogen-bond acceptors (Lipinski definition) is 2. The van der Waals surface area contributed by atoms with Crippen molar-refractivity contribution in [3.8, 4) is 0 Å². The third kappa shape index (κ3) is 3.61. The number of amides is 1. The predicted molar refractivity (Wildman–Crippen MR) is 80.5 cm³/mol. The summed E-state index contributed by atoms with van der Waals surface area (Å²) in [6.45, 7) is 4.40. The third-order valence-electron chi connectivity index (χ3n) is 3.56. The van der Waals surface area contributed by atoms with Crippen molar-refractivity contribution in [1.82, 2.24) is 10.3 Å². The molecule has 20 heavy (non-hydrogen) atoms. The number of carbonyl (C=O) groups is 1. The van der Waals surface area contributed by atoms with Crippen LogP contribution in [0.15, 0.2) is 30.5 Å². The molecule has 0 saturated carbocycles. The summed E-state index contributed by atoms with van der Waals surface area (Å²) in [6.07, 6.45) is 2.38. The fraction of sp³-hybridized carbons (Fsp3) is 0.438. The lowest BCUT2D eigenvalue weighted by Gasteiger charge is -2.13. The van der Waals surface area contributed by atoms with Gasteiger partial charge in [0.2, 0.25) is 5.91 Å². The smallest absolute Gasteiger partial charge is 0.222 e. The first-order chi connectivity index (χ1) is 9.58. The standard InChI is InChI=1S/C16H22N2O2/c1-11(2)15(19)9-16(20)17-8-7-12-10-18-14-6-4-3-5-13(12)14/h3-6,10-11,15,18-19H,7-9H2,1-2H3,(H,17,20). The number of H-pyrrole nitrogens is 1. The SMILES string of the molecule is CC(C)C(O)CC(=O)NCCc1c[nH]c2ccccc12. The molecule has 0 aliphatic carbocycles. The topological polar surface area (TPSA) is 65.1 Å². The molecule has 4 nitrogen and oxygen atoms in total. The third-order valence-corrected chi connectivity index (χ3v) is 3.56. The molecule has 0 aliphatic heterocycles. The number of aromatic amines is 1. The van der Waals surface area contributed by atoms with Gasteiger partial charge in [0.15, 0.2) is 0 Å². The maximum absolute atomic E-state index is 11.7. The Hall–Kier alpha value is -1.81. The number of aliphatic hydroxyl groups is 1. The number of aliphatic hydroxyl groups excluding tert-OH is 1. The van der Waals surface area contributed by atoms with Crippen molar-refractivity contribution >= 4 is 16.8 Å². The van der Waals surface area contributed by atoms with Crippen molar-refractivity contribution in [2.24, 2.45) is 5.92 Å². The molecule has 0 fully saturated rings. The number of carbonyl (C=O) groups excluding carboxylic acids is 1. The fourth-order valence-corrected chi connectivity index (χ4v) is 2.17. The van der Waals surface area contributed by atoms with Gasteiger partial charge in [0.05, 0.1) is 12.5 Å². The number of benzene rings is 1. The molecule has 2 aromatic rings. The van der Waals surface area contributed by atoms with Crippen molar-refractivity contribution in [3.05, 3.63) is 36.0 Å². The first kappa shape index (κ1) is 14.6. The van der Waals surface area contributed by atoms with Gasteiger partial charge in [-0.15, -0.1) is 0 Å². The highest BCUT2D eigenvalue weighted by molar-refractivity contribution is 5.83. The molecule has 1 unspecified atom stereocenters. The number of rotatable bonds is 6. The molecular formula is C16H22N2O2. The molecule has 1 aromatic carbocycles. The Kier molecular flexibility index (Phi) is 4.79. The second-order valence-electron chi connectivity index (χ2n) is 5.47. The summed E-state index contributed by atoms with van der Waals surface area (Å²) in [5, 5.41) is 13.7. The molecule has 0 spiro atoms. The van der Waals surface area contributed by atoms with Crippen LogP contribution >= 0.6 is 0 Å². The van der Waals surface area contributed by atoms with Gasteiger partial charge in [-0.2, -0.15) is 0 Å². The Labute approximate surface area is 119 Å². The summed E-state index contributed by atoms with van der Waals surface area (Å²) in [7, 11) is 0. The minimum Gasteiger partial charge on any atom is -0.392 e. The predicted octanol–water partition coefficient (Wildman–Crippen LogP) is 2.23. The first-order valence-electron chi connectivity index (χ1n) is 7.07. The lowest BCUT2D eigenvalue weighted by Crippen LogP contribution is -2.30. The zero-order valence-electron chi connectivity index (χ0n) is 12.0. The highest BCUT2D eigenvalue weighted by Crippen LogP contribution is 2.17. The minimum atomic E-state index is -0.567. The Balaban J connectivity index is 1.83. The van der Waals surface area contributed by atoms with Crippen LogP contribution in [0, 0.1) is 5.92 Å². The van der Waals surface area contributed by atoms with Gasteiger partial charge in [0.1, 0.15) is 0 Å². The number of hydrogen-bond donors (Lipinski definition) is 3. The Morgan fingerprint density at radius 3 is 2.85 bits per heavy atom. The largest absolute Gasteiger partial charge is 0.392 e. The zero-order chi connectivity index (χ0) is 14.5. The average Bonchev–Trinajstić information content (AvgIpc) is 2.82. The highest BCUT2D eigenvalue weighted by atomic mass is 16.3. The van der Waals surface area contributed by atoms with Gasteiger partial charge in [0, 0.05) is 23.6 Å². The van der Waals surface area contributed by atoms with Gasteiger partial charge >= 0.3 is 0 Å². The molecule has 1 amide bonds. The molecule has 3 N–H and O–H groups in total. The molecule has 0 bridgehead atoms. The van der Waals surface area contributed by atoms with Gasteiger partial charge in [-0.25, -0.2) is 0 Å². The van der Waals surface area contributed by atoms with Crippen LogP contribution in [0.1, 0.15) is 25.8 Å². The first-order valence-corrected chi connectivity index (χ1v) is 7.07. The molecule has 0 aliphatic rings. The number of para-hydroxylation sites is 1. The van der Waals surface area contributed by atoms with Gasteiger partial charge in [-0.1, -0.05) is 32.0 Å². The summed E-state index contributed by atoms with van der Waals surface area (Å²) < 4.78 is 0. The van der Waals surface area contributed by atoms with E-state index >= 15 is 0 Å². The van der Waals surface area contributed by atoms with Crippen LogP contribution < -0.4 is 5.32 Å². The second-order valence-corrected chi connectivity index (χ2v) is 5.47. The van der Waals surface area contributed by atoms with Gasteiger partial charge in [-0.05, 0) is 24.0 Å². The minimum absolute atomic E-state index is 0.0916. The van der Waals surface area contributed by atoms with E-state index in [4.69, 9.17) is 0 Å². The maximum Gasteiger partial charge on any atom is 0.222 e. The van der Waals surface area contributed by atoms with E-state index in [2.05, 4.69) is 16.4 Å². The number of fused-ring (bicyclic) bond motifs is 1. The normalized spacial score (nSPS) is 12.8. The quantitative estimate of drug-likeness (QED) is 0.756. The molecule has 1 aromatic heterocycles. The van der Waals surface area contributed by atoms with Crippen LogP contribution in [0.5, 0.6) is 0 Å². The van der Waals surface area contributed by atoms with Gasteiger partial charge in [0.25, 0.3) is 0 Å². The van der Waals surface area contributed by atoms with Crippen molar-refractivity contribution < 1.29 is 9.90 Å². The molecular weight excluding hydrogens is 252 g/mol. The van der Waals surface area contributed by atoms with Crippen molar-refractivity contribution in [1.29, 1.82) is 0 Å². The molecule has 1 heterocycles. The summed E-state index contributed by atoms with van der Waals surface area (Å²) >= 11 is 0. The Morgan fingerprint density at radius 2 is 2.10 bits per heavy atom. The summed E-state index contributed by atoms with van der Waals surface area (Å²) in [5.74, 6) is 0.0143. The van der Waals surface area contributed by atoms with Crippen molar-refractivity contribution in [2.75, 3.05) is 6.54 Å². The van der Waals surface area contributed by atoms with Gasteiger partial charge in [-0.3, -0.25) is 4.79 Å². The second kappa shape index (κ2) is 6.57. The van der Waals surface area contributed by atoms with E-state index in [1.807, 2.05) is 38.2 Å². The number of nitrogens with one attached hydrogen (secondary N) is 2. The molecule has 2 rings (SSSR count). The molecule has 0 saturated heterocycles. The molecule has 108 valence electrons. The Bertz CT molecular complexity index is 575. The monoisotopic (exact) mass is 274 g/mol. The van der Waals surface area contributed by atoms with E-state index in [0.29, 0.717) is 6.54 Å². The zero-order valence-corrected chi connectivity index (χ0v) is 12.0. The molecule has 4 heteroatoms. The van der Waals surface area contributed by atoms with Crippen molar-refractivity contribution in [3.63, 3.8) is 0 Å². The summed E-state index contributed by atoms with van der Waals surface area (Å²) in [5.41, 5.74) is 2.31. The van der Waals surface area contributed by atoms with E-state index in [0.717, 1.165) is 11.9 Å². The summed E-state index contributed by atoms with van der Waals surface area (Å²) in [6, 6.07) is 8.12. The van der Waals surface area contributed by atoms with E-state index in [1.165, 1.54) is 10.9 Å². The maximum atomic E-state index is 11.7. The lowest BCUT2D eigenvalue weighted by atomic mass is 10.0. The number of aromatic nitrogens is 1. The van der Waals surface area contributed by atoms with Gasteiger partial charge < -0.3 is 15.4 Å². The molecule has 0 radical (unpaired) electrons. The van der Waals surface area contributed by atoms with Crippen LogP contribution in [0.3, 0.4) is 0 Å². The van der Waals surface area contributed by atoms with E-state index < -0.39 is 6.10 Å². The Morgan fingerprint density at radius 1 is 1.35 bits per heavy atom. The van der Waals surface area contributed by atoms with Crippen LogP contribution in [0.2, 0.25) is 0 Å². The van der Waals surface area contributed by atoms with E-state index in [-0.39, 0.29) is 18.2 Å². The van der Waals surface area contributed by atoms with Crippen LogP contribution in [-0.2, 0) is 11.2 Å². The van der Waals surface area contributed by atoms with E-state index in [1.54, 1.807) is 0 Å². The van der Waals surface area contributed by atoms with E-state index in [9.17, 15) is 9.90 Å². The van der Waals surface area contributed by atoms with Crippen LogP contribution in [-0.4, -0.2) is 28.6 Å². The van der Waals surface area contributed by atoms with Crippen LogP contribution in [0.25, 0.3) is 10.9 Å². The van der Waals surface area contributed by atoms with Crippen molar-refractivity contribution in [2.45, 2.75) is 32.8 Å².